The summed E-state index contributed by atoms with van der Waals surface area (Å²) in [6, 6.07) is 17.1. The number of aliphatic hydroxyl groups excluding tert-OH is 1. The lowest BCUT2D eigenvalue weighted by atomic mass is 9.93. The number of aliphatic hydroxyl groups is 1. The molecule has 1 aliphatic carbocycles. The highest BCUT2D eigenvalue weighted by Crippen LogP contribution is 2.30. The van der Waals surface area contributed by atoms with Crippen LogP contribution in [0, 0.1) is 5.92 Å². The van der Waals surface area contributed by atoms with Gasteiger partial charge < -0.3 is 30.7 Å². The second-order valence-corrected chi connectivity index (χ2v) is 15.9. The zero-order chi connectivity index (χ0) is 37.0. The molecule has 0 aliphatic heterocycles. The fraction of sp³-hybridized carbons (Fsp3) is 0.462. The van der Waals surface area contributed by atoms with E-state index in [2.05, 4.69) is 34.8 Å². The molecule has 4 amide bonds. The molecule has 0 saturated heterocycles. The molecular weight excluding hydrogens is 697 g/mol. The molecule has 4 aromatic rings. The molecule has 278 valence electrons. The quantitative estimate of drug-likeness (QED) is 0.0918. The molecule has 11 nitrogen and oxygen atoms in total. The highest BCUT2D eigenvalue weighted by atomic mass is 32.1. The normalized spacial score (nSPS) is 15.1. The lowest BCUT2D eigenvalue weighted by Gasteiger charge is -2.31. The first-order chi connectivity index (χ1) is 25.0. The van der Waals surface area contributed by atoms with Crippen LogP contribution in [0.15, 0.2) is 77.8 Å². The average Bonchev–Trinajstić information content (AvgIpc) is 3.60. The summed E-state index contributed by atoms with van der Waals surface area (Å²) in [5, 5.41) is 23.9. The fourth-order valence-corrected chi connectivity index (χ4v) is 7.30. The van der Waals surface area contributed by atoms with Gasteiger partial charge in [0, 0.05) is 29.6 Å². The van der Waals surface area contributed by atoms with Gasteiger partial charge in [0.05, 0.1) is 39.8 Å². The fourth-order valence-electron chi connectivity index (χ4n) is 5.97. The van der Waals surface area contributed by atoms with Gasteiger partial charge in [0.2, 0.25) is 5.91 Å². The largest absolute Gasteiger partial charge is 0.444 e. The van der Waals surface area contributed by atoms with Crippen LogP contribution in [-0.4, -0.2) is 68.3 Å². The number of ether oxygens (including phenoxy) is 1. The van der Waals surface area contributed by atoms with E-state index in [1.54, 1.807) is 27.9 Å². The molecule has 2 aromatic heterocycles. The van der Waals surface area contributed by atoms with Crippen molar-refractivity contribution in [3.8, 4) is 0 Å². The topological polar surface area (TPSA) is 146 Å². The molecule has 2 heterocycles. The van der Waals surface area contributed by atoms with Crippen molar-refractivity contribution in [3.63, 3.8) is 0 Å². The standard InChI is InChI=1S/C39H50N6O5S2/c1-25(2)35(44-38(48)45(31-15-16-31)21-30-23-51-37(41-30)26(3)4)36(47)43-33(18-28-13-9-6-10-14-28)34(46)19-29(17-27-11-7-5-8-12-27)42-39(49)50-22-32-20-40-24-52-32/h5-14,20,23-26,29,31,33-35,46H,15-19,21-22H2,1-4H3,(H,42,49)(H,43,47)(H,44,48)/t29-,33-,34?,35-/m0/s1. The molecule has 1 aliphatic rings. The van der Waals surface area contributed by atoms with Crippen molar-refractivity contribution in [2.24, 2.45) is 5.92 Å². The minimum atomic E-state index is -1.05. The van der Waals surface area contributed by atoms with E-state index < -0.39 is 30.3 Å². The van der Waals surface area contributed by atoms with Gasteiger partial charge in [-0.05, 0) is 49.1 Å². The number of aromatic nitrogens is 2. The maximum atomic E-state index is 14.1. The minimum Gasteiger partial charge on any atom is -0.444 e. The third-order valence-electron chi connectivity index (χ3n) is 8.96. The van der Waals surface area contributed by atoms with E-state index in [-0.39, 0.29) is 36.9 Å². The monoisotopic (exact) mass is 746 g/mol. The summed E-state index contributed by atoms with van der Waals surface area (Å²) in [7, 11) is 0. The van der Waals surface area contributed by atoms with Crippen LogP contribution in [0.5, 0.6) is 0 Å². The van der Waals surface area contributed by atoms with Gasteiger partial charge in [0.15, 0.2) is 0 Å². The van der Waals surface area contributed by atoms with E-state index >= 15 is 0 Å². The second kappa shape index (κ2) is 19.0. The molecule has 0 radical (unpaired) electrons. The van der Waals surface area contributed by atoms with E-state index in [1.807, 2.05) is 79.9 Å². The van der Waals surface area contributed by atoms with Crippen LogP contribution >= 0.6 is 22.7 Å². The Morgan fingerprint density at radius 1 is 0.923 bits per heavy atom. The Morgan fingerprint density at radius 2 is 1.60 bits per heavy atom. The summed E-state index contributed by atoms with van der Waals surface area (Å²) >= 11 is 2.99. The number of hydrogen-bond acceptors (Lipinski definition) is 9. The SMILES string of the molecule is CC(C)c1nc(CN(C(=O)N[C@H](C(=O)N[C@@H](Cc2ccccc2)C(O)C[C@H](Cc2ccccc2)NC(=O)OCc2cncs2)C(C)C)C2CC2)cs1. The zero-order valence-electron chi connectivity index (χ0n) is 30.2. The molecule has 2 aromatic carbocycles. The summed E-state index contributed by atoms with van der Waals surface area (Å²) < 4.78 is 5.46. The predicted molar refractivity (Wildman–Crippen MR) is 204 cm³/mol. The van der Waals surface area contributed by atoms with E-state index in [1.165, 1.54) is 11.3 Å². The number of amides is 4. The minimum absolute atomic E-state index is 0.0903. The van der Waals surface area contributed by atoms with Crippen LogP contribution in [0.3, 0.4) is 0 Å². The van der Waals surface area contributed by atoms with Gasteiger partial charge in [-0.3, -0.25) is 9.78 Å². The van der Waals surface area contributed by atoms with Crippen LogP contribution in [0.4, 0.5) is 9.59 Å². The van der Waals surface area contributed by atoms with E-state index in [4.69, 9.17) is 9.72 Å². The lowest BCUT2D eigenvalue weighted by Crippen LogP contribution is -2.57. The van der Waals surface area contributed by atoms with Crippen molar-refractivity contribution in [1.82, 2.24) is 30.8 Å². The smallest absolute Gasteiger partial charge is 0.407 e. The van der Waals surface area contributed by atoms with Crippen LogP contribution < -0.4 is 16.0 Å². The highest BCUT2D eigenvalue weighted by molar-refractivity contribution is 7.09. The molecule has 5 rings (SSSR count). The number of hydrogen-bond donors (Lipinski definition) is 4. The molecule has 4 N–H and O–H groups in total. The third-order valence-corrected chi connectivity index (χ3v) is 10.9. The van der Waals surface area contributed by atoms with Gasteiger partial charge >= 0.3 is 12.1 Å². The van der Waals surface area contributed by atoms with Crippen LogP contribution in [0.1, 0.15) is 79.6 Å². The molecular formula is C39H50N6O5S2. The number of thiazole rings is 2. The second-order valence-electron chi connectivity index (χ2n) is 14.0. The molecule has 1 unspecified atom stereocenters. The number of carbonyl (C=O) groups excluding carboxylic acids is 3. The van der Waals surface area contributed by atoms with Crippen molar-refractivity contribution in [3.05, 3.63) is 104 Å². The van der Waals surface area contributed by atoms with Crippen molar-refractivity contribution in [2.75, 3.05) is 0 Å². The van der Waals surface area contributed by atoms with E-state index in [0.717, 1.165) is 39.5 Å². The summed E-state index contributed by atoms with van der Waals surface area (Å²) in [6.45, 7) is 8.45. The van der Waals surface area contributed by atoms with Crippen molar-refractivity contribution < 1.29 is 24.2 Å². The molecule has 13 heteroatoms. The van der Waals surface area contributed by atoms with Crippen molar-refractivity contribution >= 4 is 40.7 Å². The average molecular weight is 747 g/mol. The maximum absolute atomic E-state index is 14.1. The van der Waals surface area contributed by atoms with Gasteiger partial charge in [-0.15, -0.1) is 22.7 Å². The number of nitrogens with one attached hydrogen (secondary N) is 3. The first-order valence-electron chi connectivity index (χ1n) is 17.9. The number of benzene rings is 2. The Bertz CT molecular complexity index is 1700. The summed E-state index contributed by atoms with van der Waals surface area (Å²) in [5.41, 5.74) is 4.43. The summed E-state index contributed by atoms with van der Waals surface area (Å²) in [4.78, 5) is 52.1. The number of urea groups is 1. The van der Waals surface area contributed by atoms with E-state index in [0.29, 0.717) is 25.3 Å². The number of nitrogens with zero attached hydrogens (tertiary/aromatic N) is 3. The van der Waals surface area contributed by atoms with E-state index in [9.17, 15) is 19.5 Å². The van der Waals surface area contributed by atoms with Crippen LogP contribution in [-0.2, 0) is 35.5 Å². The van der Waals surface area contributed by atoms with Gasteiger partial charge in [-0.25, -0.2) is 14.6 Å². The predicted octanol–water partition coefficient (Wildman–Crippen LogP) is 6.44. The van der Waals surface area contributed by atoms with Gasteiger partial charge in [-0.2, -0.15) is 0 Å². The number of rotatable bonds is 18. The molecule has 4 atom stereocenters. The summed E-state index contributed by atoms with van der Waals surface area (Å²) in [6.07, 6.45) is 2.75. The number of alkyl carbamates (subject to hydrolysis) is 1. The molecule has 52 heavy (non-hydrogen) atoms. The Morgan fingerprint density at radius 3 is 2.17 bits per heavy atom. The molecule has 1 fully saturated rings. The van der Waals surface area contributed by atoms with Gasteiger partial charge in [0.25, 0.3) is 0 Å². The Kier molecular flexibility index (Phi) is 14.2. The number of carbonyl (C=O) groups is 3. The Labute approximate surface area is 314 Å². The first kappa shape index (κ1) is 38.9. The Hall–Kier alpha value is -4.33. The first-order valence-corrected chi connectivity index (χ1v) is 19.7. The van der Waals surface area contributed by atoms with Crippen molar-refractivity contribution in [1.29, 1.82) is 0 Å². The molecule has 1 saturated carbocycles. The van der Waals surface area contributed by atoms with Crippen LogP contribution in [0.25, 0.3) is 0 Å². The van der Waals surface area contributed by atoms with Crippen molar-refractivity contribution in [2.45, 2.75) is 109 Å². The third kappa shape index (κ3) is 11.9. The molecule has 0 bridgehead atoms. The zero-order valence-corrected chi connectivity index (χ0v) is 31.9. The van der Waals surface area contributed by atoms with Gasteiger partial charge in [0.1, 0.15) is 12.6 Å². The van der Waals surface area contributed by atoms with Crippen LogP contribution in [0.2, 0.25) is 0 Å². The maximum Gasteiger partial charge on any atom is 0.407 e. The Balaban J connectivity index is 1.29. The highest BCUT2D eigenvalue weighted by Gasteiger charge is 2.36. The van der Waals surface area contributed by atoms with Gasteiger partial charge in [-0.1, -0.05) is 88.4 Å². The molecule has 0 spiro atoms. The summed E-state index contributed by atoms with van der Waals surface area (Å²) in [5.74, 6) is -0.305. The lowest BCUT2D eigenvalue weighted by molar-refractivity contribution is -0.125.